The lowest BCUT2D eigenvalue weighted by Crippen LogP contribution is -2.24. The number of H-pyrrole nitrogens is 2. The van der Waals surface area contributed by atoms with E-state index in [4.69, 9.17) is 11.6 Å². The summed E-state index contributed by atoms with van der Waals surface area (Å²) in [5.74, 6) is -0.844. The second-order valence-electron chi connectivity index (χ2n) is 4.75. The van der Waals surface area contributed by atoms with Crippen molar-refractivity contribution in [2.75, 3.05) is 0 Å². The number of fused-ring (bicyclic) bond motifs is 1. The van der Waals surface area contributed by atoms with Crippen LogP contribution in [0.2, 0.25) is 5.02 Å². The Hall–Kier alpha value is -2.60. The first kappa shape index (κ1) is 14.3. The molecule has 0 bridgehead atoms. The average molecular weight is 320 g/mol. The van der Waals surface area contributed by atoms with Gasteiger partial charge >= 0.3 is 0 Å². The second-order valence-corrected chi connectivity index (χ2v) is 5.16. The first-order valence-electron chi connectivity index (χ1n) is 6.46. The Balaban J connectivity index is 1.79. The number of pyridine rings is 1. The summed E-state index contributed by atoms with van der Waals surface area (Å²) in [6.07, 6.45) is 2.88. The van der Waals surface area contributed by atoms with Crippen LogP contribution in [0.4, 0.5) is 4.39 Å². The Morgan fingerprint density at radius 2 is 2.05 bits per heavy atom. The summed E-state index contributed by atoms with van der Waals surface area (Å²) < 4.78 is 14.0. The molecule has 112 valence electrons. The topological polar surface area (TPSA) is 77.8 Å². The van der Waals surface area contributed by atoms with Gasteiger partial charge in [0.15, 0.2) is 0 Å². The summed E-state index contributed by atoms with van der Waals surface area (Å²) >= 11 is 6.00. The maximum absolute atomic E-state index is 14.0. The molecule has 0 unspecified atom stereocenters. The molecule has 3 rings (SSSR count). The smallest absolute Gasteiger partial charge is 0.253 e. The summed E-state index contributed by atoms with van der Waals surface area (Å²) in [5.41, 5.74) is 0.917. The largest absolute Gasteiger partial charge is 0.360 e. The summed E-state index contributed by atoms with van der Waals surface area (Å²) in [6, 6.07) is 5.58. The number of hydrogen-bond acceptors (Lipinski definition) is 2. The van der Waals surface area contributed by atoms with Crippen molar-refractivity contribution in [3.8, 4) is 0 Å². The third-order valence-corrected chi connectivity index (χ3v) is 3.60. The molecule has 0 saturated carbocycles. The molecule has 3 N–H and O–H groups in total. The van der Waals surface area contributed by atoms with Gasteiger partial charge in [-0.3, -0.25) is 9.59 Å². The van der Waals surface area contributed by atoms with Gasteiger partial charge in [-0.1, -0.05) is 11.6 Å². The van der Waals surface area contributed by atoms with E-state index in [9.17, 15) is 14.0 Å². The molecule has 0 saturated heterocycles. The maximum atomic E-state index is 14.0. The number of hydrogen-bond donors (Lipinski definition) is 3. The monoisotopic (exact) mass is 319 g/mol. The van der Waals surface area contributed by atoms with Gasteiger partial charge in [0.25, 0.3) is 5.91 Å². The van der Waals surface area contributed by atoms with Crippen LogP contribution in [0.25, 0.3) is 10.9 Å². The molecule has 3 aromatic rings. The molecule has 0 aliphatic heterocycles. The number of rotatable bonds is 3. The van der Waals surface area contributed by atoms with Gasteiger partial charge in [-0.05, 0) is 18.2 Å². The zero-order valence-corrected chi connectivity index (χ0v) is 12.0. The van der Waals surface area contributed by atoms with Gasteiger partial charge in [0.2, 0.25) is 5.56 Å². The fraction of sp³-hybridized carbons (Fsp3) is 0.0667. The first-order valence-corrected chi connectivity index (χ1v) is 6.84. The standard InChI is InChI=1S/C15H11ClFN3O2/c16-11-7-18-13-4-12(17)9(3-10(11)13)6-20-15(22)8-1-2-14(21)19-5-8/h1-5,7,18H,6H2,(H,19,21)(H,20,22). The molecule has 22 heavy (non-hydrogen) atoms. The Labute approximate surface area is 129 Å². The molecule has 0 fully saturated rings. The van der Waals surface area contributed by atoms with Crippen LogP contribution in [-0.4, -0.2) is 15.9 Å². The SMILES string of the molecule is O=C(NCc1cc2c(Cl)c[nH]c2cc1F)c1ccc(=O)[nH]c1. The molecule has 5 nitrogen and oxygen atoms in total. The van der Waals surface area contributed by atoms with Crippen LogP contribution in [-0.2, 0) is 6.54 Å². The molecule has 0 atom stereocenters. The van der Waals surface area contributed by atoms with Gasteiger partial charge in [-0.2, -0.15) is 0 Å². The number of amides is 1. The summed E-state index contributed by atoms with van der Waals surface area (Å²) in [7, 11) is 0. The highest BCUT2D eigenvalue weighted by molar-refractivity contribution is 6.35. The minimum atomic E-state index is -0.437. The predicted molar refractivity (Wildman–Crippen MR) is 81.5 cm³/mol. The lowest BCUT2D eigenvalue weighted by Gasteiger charge is -2.07. The number of carbonyl (C=O) groups is 1. The Morgan fingerprint density at radius 3 is 2.77 bits per heavy atom. The average Bonchev–Trinajstić information content (AvgIpc) is 2.86. The quantitative estimate of drug-likeness (QED) is 0.694. The highest BCUT2D eigenvalue weighted by Crippen LogP contribution is 2.25. The Kier molecular flexibility index (Phi) is 3.68. The van der Waals surface area contributed by atoms with Crippen LogP contribution in [0, 0.1) is 5.82 Å². The van der Waals surface area contributed by atoms with E-state index in [0.717, 1.165) is 0 Å². The van der Waals surface area contributed by atoms with Crippen molar-refractivity contribution in [2.24, 2.45) is 0 Å². The number of carbonyl (C=O) groups excluding carboxylic acids is 1. The molecule has 1 amide bonds. The predicted octanol–water partition coefficient (Wildman–Crippen LogP) is 2.58. The molecular formula is C15H11ClFN3O2. The van der Waals surface area contributed by atoms with Crippen molar-refractivity contribution in [3.63, 3.8) is 0 Å². The molecule has 1 aromatic carbocycles. The molecule has 0 radical (unpaired) electrons. The van der Waals surface area contributed by atoms with E-state index in [1.165, 1.54) is 24.4 Å². The van der Waals surface area contributed by atoms with E-state index in [0.29, 0.717) is 27.1 Å². The number of aromatic amines is 2. The van der Waals surface area contributed by atoms with E-state index in [-0.39, 0.29) is 12.1 Å². The van der Waals surface area contributed by atoms with Crippen molar-refractivity contribution < 1.29 is 9.18 Å². The normalized spacial score (nSPS) is 10.8. The Bertz CT molecular complexity index is 896. The molecule has 2 heterocycles. The minimum Gasteiger partial charge on any atom is -0.360 e. The zero-order chi connectivity index (χ0) is 15.7. The summed E-state index contributed by atoms with van der Waals surface area (Å²) in [4.78, 5) is 28.1. The van der Waals surface area contributed by atoms with Crippen molar-refractivity contribution in [3.05, 3.63) is 69.0 Å². The van der Waals surface area contributed by atoms with Crippen LogP contribution >= 0.6 is 11.6 Å². The third kappa shape index (κ3) is 2.73. The van der Waals surface area contributed by atoms with Crippen LogP contribution in [0.3, 0.4) is 0 Å². The highest BCUT2D eigenvalue weighted by atomic mass is 35.5. The fourth-order valence-electron chi connectivity index (χ4n) is 2.12. The van der Waals surface area contributed by atoms with Crippen molar-refractivity contribution in [1.29, 1.82) is 0 Å². The molecule has 0 aliphatic rings. The van der Waals surface area contributed by atoms with Gasteiger partial charge in [-0.15, -0.1) is 0 Å². The highest BCUT2D eigenvalue weighted by Gasteiger charge is 2.11. The van der Waals surface area contributed by atoms with Gasteiger partial charge in [0.05, 0.1) is 10.6 Å². The van der Waals surface area contributed by atoms with Crippen molar-refractivity contribution in [1.82, 2.24) is 15.3 Å². The van der Waals surface area contributed by atoms with Crippen molar-refractivity contribution >= 4 is 28.4 Å². The fourth-order valence-corrected chi connectivity index (χ4v) is 2.33. The number of halogens is 2. The van der Waals surface area contributed by atoms with E-state index in [2.05, 4.69) is 15.3 Å². The minimum absolute atomic E-state index is 0.0151. The second kappa shape index (κ2) is 5.65. The molecule has 2 aromatic heterocycles. The number of benzene rings is 1. The van der Waals surface area contributed by atoms with Gasteiger partial charge in [0, 0.05) is 41.5 Å². The number of nitrogens with one attached hydrogen (secondary N) is 3. The molecular weight excluding hydrogens is 309 g/mol. The molecule has 7 heteroatoms. The van der Waals surface area contributed by atoms with E-state index in [1.54, 1.807) is 12.3 Å². The van der Waals surface area contributed by atoms with E-state index < -0.39 is 11.7 Å². The van der Waals surface area contributed by atoms with Gasteiger partial charge in [0.1, 0.15) is 5.82 Å². The van der Waals surface area contributed by atoms with Crippen LogP contribution in [0.5, 0.6) is 0 Å². The zero-order valence-electron chi connectivity index (χ0n) is 11.2. The number of aromatic nitrogens is 2. The van der Waals surface area contributed by atoms with Gasteiger partial charge in [-0.25, -0.2) is 4.39 Å². The van der Waals surface area contributed by atoms with Crippen LogP contribution in [0.15, 0.2) is 41.5 Å². The van der Waals surface area contributed by atoms with E-state index in [1.807, 2.05) is 0 Å². The molecule has 0 spiro atoms. The summed E-state index contributed by atoms with van der Waals surface area (Å²) in [6.45, 7) is 0.0151. The van der Waals surface area contributed by atoms with Crippen LogP contribution in [0.1, 0.15) is 15.9 Å². The van der Waals surface area contributed by atoms with Crippen molar-refractivity contribution in [2.45, 2.75) is 6.54 Å². The van der Waals surface area contributed by atoms with E-state index >= 15 is 0 Å². The first-order chi connectivity index (χ1) is 10.5. The Morgan fingerprint density at radius 1 is 1.23 bits per heavy atom. The lowest BCUT2D eigenvalue weighted by molar-refractivity contribution is 0.0950. The van der Waals surface area contributed by atoms with Crippen LogP contribution < -0.4 is 10.9 Å². The maximum Gasteiger partial charge on any atom is 0.253 e. The third-order valence-electron chi connectivity index (χ3n) is 3.28. The van der Waals surface area contributed by atoms with Gasteiger partial charge < -0.3 is 15.3 Å². The summed E-state index contributed by atoms with van der Waals surface area (Å²) in [5, 5.41) is 3.78. The lowest BCUT2D eigenvalue weighted by atomic mass is 10.1. The molecule has 0 aliphatic carbocycles.